The van der Waals surface area contributed by atoms with Crippen LogP contribution in [0.2, 0.25) is 0 Å². The molecule has 2 aliphatic rings. The lowest BCUT2D eigenvalue weighted by molar-refractivity contribution is -0.152. The Morgan fingerprint density at radius 2 is 2.12 bits per heavy atom. The van der Waals surface area contributed by atoms with E-state index in [1.807, 2.05) is 30.3 Å². The first-order valence-electron chi connectivity index (χ1n) is 8.22. The molecular formula is C18H20N2O4. The van der Waals surface area contributed by atoms with Crippen molar-refractivity contribution >= 4 is 16.8 Å². The van der Waals surface area contributed by atoms with Crippen molar-refractivity contribution < 1.29 is 19.4 Å². The smallest absolute Gasteiger partial charge is 0.227 e. The third kappa shape index (κ3) is 2.66. The molecule has 1 atom stereocenters. The van der Waals surface area contributed by atoms with Crippen LogP contribution in [0.15, 0.2) is 36.5 Å². The van der Waals surface area contributed by atoms with Gasteiger partial charge in [-0.3, -0.25) is 9.78 Å². The van der Waals surface area contributed by atoms with Gasteiger partial charge in [0.2, 0.25) is 5.91 Å². The summed E-state index contributed by atoms with van der Waals surface area (Å²) in [5.41, 5.74) is 1.82. The van der Waals surface area contributed by atoms with E-state index in [0.717, 1.165) is 16.5 Å². The lowest BCUT2D eigenvalue weighted by Crippen LogP contribution is -2.40. The number of rotatable bonds is 3. The minimum atomic E-state index is -0.733. The minimum absolute atomic E-state index is 0.0265. The molecule has 6 nitrogen and oxygen atoms in total. The van der Waals surface area contributed by atoms with Crippen molar-refractivity contribution in [3.63, 3.8) is 0 Å². The topological polar surface area (TPSA) is 71.9 Å². The Hall–Kier alpha value is -2.02. The number of hydrogen-bond acceptors (Lipinski definition) is 5. The van der Waals surface area contributed by atoms with Crippen molar-refractivity contribution in [1.29, 1.82) is 0 Å². The highest BCUT2D eigenvalue weighted by molar-refractivity contribution is 5.88. The monoisotopic (exact) mass is 328 g/mol. The van der Waals surface area contributed by atoms with Crippen molar-refractivity contribution in [2.45, 2.75) is 24.7 Å². The summed E-state index contributed by atoms with van der Waals surface area (Å²) < 4.78 is 11.4. The molecule has 1 N–H and O–H groups in total. The van der Waals surface area contributed by atoms with E-state index < -0.39 is 5.79 Å². The van der Waals surface area contributed by atoms with Crippen LogP contribution in [0.25, 0.3) is 10.9 Å². The van der Waals surface area contributed by atoms with Crippen molar-refractivity contribution in [3.8, 4) is 0 Å². The number of likely N-dealkylation sites (tertiary alicyclic amines) is 1. The Morgan fingerprint density at radius 1 is 1.29 bits per heavy atom. The number of carbonyl (C=O) groups excluding carboxylic acids is 1. The second kappa shape index (κ2) is 6.12. The van der Waals surface area contributed by atoms with Crippen LogP contribution < -0.4 is 0 Å². The average Bonchev–Trinajstić information content (AvgIpc) is 3.22. The summed E-state index contributed by atoms with van der Waals surface area (Å²) >= 11 is 0. The largest absolute Gasteiger partial charge is 0.394 e. The van der Waals surface area contributed by atoms with Crippen LogP contribution >= 0.6 is 0 Å². The molecule has 6 heteroatoms. The third-order valence-electron chi connectivity index (χ3n) is 4.82. The number of amides is 1. The number of hydrogen-bond donors (Lipinski definition) is 1. The van der Waals surface area contributed by atoms with E-state index >= 15 is 0 Å². The predicted octanol–water partition coefficient (Wildman–Crippen LogP) is 1.11. The first-order valence-corrected chi connectivity index (χ1v) is 8.22. The Kier molecular flexibility index (Phi) is 3.96. The summed E-state index contributed by atoms with van der Waals surface area (Å²) in [5, 5.41) is 10.6. The molecule has 1 aromatic heterocycles. The molecule has 126 valence electrons. The van der Waals surface area contributed by atoms with Crippen LogP contribution in [0, 0.1) is 0 Å². The molecule has 0 saturated carbocycles. The van der Waals surface area contributed by atoms with Crippen LogP contribution in [0.1, 0.15) is 12.0 Å². The van der Waals surface area contributed by atoms with Gasteiger partial charge in [0.15, 0.2) is 5.79 Å². The zero-order chi connectivity index (χ0) is 16.6. The average molecular weight is 328 g/mol. The Morgan fingerprint density at radius 3 is 2.92 bits per heavy atom. The maximum Gasteiger partial charge on any atom is 0.227 e. The molecule has 3 heterocycles. The summed E-state index contributed by atoms with van der Waals surface area (Å²) in [4.78, 5) is 18.9. The number of aromatic nitrogens is 1. The highest BCUT2D eigenvalue weighted by Gasteiger charge is 2.49. The van der Waals surface area contributed by atoms with Gasteiger partial charge in [-0.25, -0.2) is 0 Å². The third-order valence-corrected chi connectivity index (χ3v) is 4.82. The van der Waals surface area contributed by atoms with Crippen molar-refractivity contribution in [2.24, 2.45) is 0 Å². The summed E-state index contributed by atoms with van der Waals surface area (Å²) in [6, 6.07) is 9.38. The highest BCUT2D eigenvalue weighted by Crippen LogP contribution is 2.35. The molecule has 1 aromatic carbocycles. The summed E-state index contributed by atoms with van der Waals surface area (Å²) in [6.45, 7) is 1.36. The highest BCUT2D eigenvalue weighted by atomic mass is 16.7. The number of aliphatic hydroxyl groups excluding tert-OH is 1. The van der Waals surface area contributed by atoms with Crippen molar-refractivity contribution in [2.75, 3.05) is 26.4 Å². The minimum Gasteiger partial charge on any atom is -0.394 e. The molecule has 0 unspecified atom stereocenters. The number of fused-ring (bicyclic) bond motifs is 1. The molecule has 1 spiro atoms. The number of carbonyl (C=O) groups is 1. The standard InChI is InChI=1S/C18H20N2O4/c21-11-14-10-18(23-7-8-24-18)12-20(14)17(22)9-13-3-1-5-16-15(13)4-2-6-19-16/h1-6,14,21H,7-12H2/t14-/m1/s1. The second-order valence-electron chi connectivity index (χ2n) is 6.33. The van der Waals surface area contributed by atoms with Gasteiger partial charge in [0, 0.05) is 18.0 Å². The van der Waals surface area contributed by atoms with E-state index in [0.29, 0.717) is 26.2 Å². The molecule has 0 bridgehead atoms. The van der Waals surface area contributed by atoms with E-state index in [1.54, 1.807) is 11.1 Å². The van der Waals surface area contributed by atoms with Gasteiger partial charge in [-0.15, -0.1) is 0 Å². The molecule has 24 heavy (non-hydrogen) atoms. The van der Waals surface area contributed by atoms with Crippen LogP contribution in [0.3, 0.4) is 0 Å². The van der Waals surface area contributed by atoms with Gasteiger partial charge >= 0.3 is 0 Å². The lowest BCUT2D eigenvalue weighted by Gasteiger charge is -2.24. The molecule has 1 amide bonds. The molecule has 2 saturated heterocycles. The molecule has 0 aliphatic carbocycles. The van der Waals surface area contributed by atoms with Crippen molar-refractivity contribution in [1.82, 2.24) is 9.88 Å². The van der Waals surface area contributed by atoms with Gasteiger partial charge in [0.25, 0.3) is 0 Å². The fraction of sp³-hybridized carbons (Fsp3) is 0.444. The van der Waals surface area contributed by atoms with Gasteiger partial charge in [-0.1, -0.05) is 18.2 Å². The van der Waals surface area contributed by atoms with E-state index in [1.165, 1.54) is 0 Å². The van der Waals surface area contributed by atoms with E-state index in [-0.39, 0.29) is 25.0 Å². The van der Waals surface area contributed by atoms with Gasteiger partial charge in [0.05, 0.1) is 44.3 Å². The first kappa shape index (κ1) is 15.5. The van der Waals surface area contributed by atoms with E-state index in [4.69, 9.17) is 9.47 Å². The zero-order valence-corrected chi connectivity index (χ0v) is 13.4. The molecule has 2 fully saturated rings. The Bertz CT molecular complexity index is 752. The quantitative estimate of drug-likeness (QED) is 0.914. The summed E-state index contributed by atoms with van der Waals surface area (Å²) in [5.74, 6) is -0.759. The number of pyridine rings is 1. The van der Waals surface area contributed by atoms with Crippen LogP contribution in [0.5, 0.6) is 0 Å². The number of nitrogens with zero attached hydrogens (tertiary/aromatic N) is 2. The van der Waals surface area contributed by atoms with Gasteiger partial charge < -0.3 is 19.5 Å². The maximum absolute atomic E-state index is 12.9. The Labute approximate surface area is 140 Å². The van der Waals surface area contributed by atoms with Crippen LogP contribution in [-0.4, -0.2) is 59.1 Å². The number of benzene rings is 1. The van der Waals surface area contributed by atoms with Gasteiger partial charge in [-0.05, 0) is 17.7 Å². The molecular weight excluding hydrogens is 308 g/mol. The second-order valence-corrected chi connectivity index (χ2v) is 6.33. The Balaban J connectivity index is 1.57. The number of ether oxygens (including phenoxy) is 2. The van der Waals surface area contributed by atoms with Crippen LogP contribution in [-0.2, 0) is 20.7 Å². The SMILES string of the molecule is O=C(Cc1cccc2ncccc12)N1CC2(C[C@@H]1CO)OCCO2. The summed E-state index contributed by atoms with van der Waals surface area (Å²) in [6.07, 6.45) is 2.54. The lowest BCUT2D eigenvalue weighted by atomic mass is 10.0. The van der Waals surface area contributed by atoms with E-state index in [9.17, 15) is 9.90 Å². The molecule has 4 rings (SSSR count). The van der Waals surface area contributed by atoms with Crippen molar-refractivity contribution in [3.05, 3.63) is 42.1 Å². The van der Waals surface area contributed by atoms with Gasteiger partial charge in [-0.2, -0.15) is 0 Å². The summed E-state index contributed by atoms with van der Waals surface area (Å²) in [7, 11) is 0. The molecule has 2 aliphatic heterocycles. The van der Waals surface area contributed by atoms with Crippen LogP contribution in [0.4, 0.5) is 0 Å². The normalized spacial score (nSPS) is 22.5. The maximum atomic E-state index is 12.9. The molecule has 2 aromatic rings. The predicted molar refractivity (Wildman–Crippen MR) is 87.3 cm³/mol. The zero-order valence-electron chi connectivity index (χ0n) is 13.4. The molecule has 0 radical (unpaired) electrons. The first-order chi connectivity index (χ1) is 11.7. The van der Waals surface area contributed by atoms with E-state index in [2.05, 4.69) is 4.98 Å². The fourth-order valence-corrected chi connectivity index (χ4v) is 3.67. The fourth-order valence-electron chi connectivity index (χ4n) is 3.67. The van der Waals surface area contributed by atoms with Gasteiger partial charge in [0.1, 0.15) is 0 Å². The number of aliphatic hydroxyl groups is 1.